The van der Waals surface area contributed by atoms with E-state index in [0.717, 1.165) is 0 Å². The van der Waals surface area contributed by atoms with E-state index in [9.17, 15) is 22.4 Å². The Hall–Kier alpha value is -2.16. The highest BCUT2D eigenvalue weighted by molar-refractivity contribution is 6.31. The Kier molecular flexibility index (Phi) is 4.68. The van der Waals surface area contributed by atoms with Crippen LogP contribution in [-0.4, -0.2) is 34.0 Å². The van der Waals surface area contributed by atoms with E-state index in [0.29, 0.717) is 13.0 Å². The number of rotatable bonds is 3. The van der Waals surface area contributed by atoms with E-state index < -0.39 is 23.8 Å². The third kappa shape index (κ3) is 3.76. The van der Waals surface area contributed by atoms with Crippen molar-refractivity contribution >= 4 is 17.5 Å². The van der Waals surface area contributed by atoms with Gasteiger partial charge in [0.25, 0.3) is 0 Å². The number of alkyl halides is 3. The van der Waals surface area contributed by atoms with Crippen LogP contribution in [0.25, 0.3) is 0 Å². The van der Waals surface area contributed by atoms with E-state index in [2.05, 4.69) is 14.7 Å². The predicted molar refractivity (Wildman–Crippen MR) is 78.4 cm³/mol. The summed E-state index contributed by atoms with van der Waals surface area (Å²) in [6, 6.07) is 4.13. The maximum atomic E-state index is 13.8. The summed E-state index contributed by atoms with van der Waals surface area (Å²) in [7, 11) is 0. The van der Waals surface area contributed by atoms with Crippen molar-refractivity contribution in [1.82, 2.24) is 15.0 Å². The molecule has 0 N–H and O–H groups in total. The highest BCUT2D eigenvalue weighted by atomic mass is 35.5. The van der Waals surface area contributed by atoms with Gasteiger partial charge in [0.2, 0.25) is 5.91 Å². The fraction of sp³-hybridized carbons (Fsp3) is 0.400. The molecule has 2 aromatic rings. The van der Waals surface area contributed by atoms with Crippen LogP contribution < -0.4 is 0 Å². The third-order valence-electron chi connectivity index (χ3n) is 3.98. The average Bonchev–Trinajstić information content (AvgIpc) is 3.18. The van der Waals surface area contributed by atoms with Crippen LogP contribution >= 0.6 is 11.6 Å². The zero-order chi connectivity index (χ0) is 18.2. The number of hydrogen-bond donors (Lipinski definition) is 0. The minimum absolute atomic E-state index is 0.0912. The van der Waals surface area contributed by atoms with Crippen LogP contribution in [0, 0.1) is 5.82 Å². The first-order valence-electron chi connectivity index (χ1n) is 7.37. The van der Waals surface area contributed by atoms with Crippen LogP contribution in [0.3, 0.4) is 0 Å². The van der Waals surface area contributed by atoms with Crippen molar-refractivity contribution in [2.45, 2.75) is 24.9 Å². The minimum atomic E-state index is -4.71. The van der Waals surface area contributed by atoms with Crippen molar-refractivity contribution in [1.29, 1.82) is 0 Å². The molecule has 1 fully saturated rings. The molecule has 5 nitrogen and oxygen atoms in total. The summed E-state index contributed by atoms with van der Waals surface area (Å²) in [5, 5.41) is 3.50. The van der Waals surface area contributed by atoms with E-state index in [4.69, 9.17) is 11.6 Å². The molecule has 0 radical (unpaired) electrons. The molecule has 10 heteroatoms. The van der Waals surface area contributed by atoms with Gasteiger partial charge in [-0.05, 0) is 18.6 Å². The molecule has 25 heavy (non-hydrogen) atoms. The number of carbonyl (C=O) groups excluding carboxylic acids is 1. The molecule has 1 saturated heterocycles. The molecule has 0 aliphatic carbocycles. The Morgan fingerprint density at radius 2 is 2.16 bits per heavy atom. The van der Waals surface area contributed by atoms with Crippen LogP contribution in [0.15, 0.2) is 22.7 Å². The Morgan fingerprint density at radius 1 is 1.40 bits per heavy atom. The topological polar surface area (TPSA) is 59.2 Å². The van der Waals surface area contributed by atoms with Crippen molar-refractivity contribution in [2.24, 2.45) is 0 Å². The van der Waals surface area contributed by atoms with Crippen molar-refractivity contribution in [2.75, 3.05) is 13.1 Å². The van der Waals surface area contributed by atoms with Crippen LogP contribution in [0.2, 0.25) is 5.02 Å². The zero-order valence-corrected chi connectivity index (χ0v) is 13.4. The van der Waals surface area contributed by atoms with E-state index >= 15 is 0 Å². The molecule has 2 heterocycles. The van der Waals surface area contributed by atoms with Gasteiger partial charge in [-0.3, -0.25) is 4.79 Å². The van der Waals surface area contributed by atoms with Crippen LogP contribution in [-0.2, 0) is 17.4 Å². The molecule has 1 aromatic carbocycles. The summed E-state index contributed by atoms with van der Waals surface area (Å²) in [5.74, 6) is -2.91. The summed E-state index contributed by atoms with van der Waals surface area (Å²) >= 11 is 5.90. The maximum absolute atomic E-state index is 13.8. The molecule has 0 spiro atoms. The molecule has 0 bridgehead atoms. The SMILES string of the molecule is O=C(Cc1c(F)cccc1Cl)N1CCC(c2noc(C(F)(F)F)n2)C1. The minimum Gasteiger partial charge on any atom is -0.342 e. The Bertz CT molecular complexity index is 773. The number of amides is 1. The largest absolute Gasteiger partial charge is 0.471 e. The Morgan fingerprint density at radius 3 is 2.80 bits per heavy atom. The second-order valence-electron chi connectivity index (χ2n) is 5.66. The van der Waals surface area contributed by atoms with Gasteiger partial charge < -0.3 is 9.42 Å². The lowest BCUT2D eigenvalue weighted by Gasteiger charge is -2.16. The number of hydrogen-bond acceptors (Lipinski definition) is 4. The van der Waals surface area contributed by atoms with Crippen LogP contribution in [0.5, 0.6) is 0 Å². The first kappa shape index (κ1) is 17.7. The van der Waals surface area contributed by atoms with Crippen molar-refractivity contribution in [3.8, 4) is 0 Å². The second kappa shape index (κ2) is 6.62. The number of carbonyl (C=O) groups is 1. The van der Waals surface area contributed by atoms with Crippen molar-refractivity contribution in [3.63, 3.8) is 0 Å². The highest BCUT2D eigenvalue weighted by Crippen LogP contribution is 2.31. The highest BCUT2D eigenvalue weighted by Gasteiger charge is 2.40. The lowest BCUT2D eigenvalue weighted by Crippen LogP contribution is -2.30. The lowest BCUT2D eigenvalue weighted by molar-refractivity contribution is -0.159. The standard InChI is InChI=1S/C15H12ClF4N3O2/c16-10-2-1-3-11(17)9(10)6-12(24)23-5-4-8(7-23)13-21-14(25-22-13)15(18,19)20/h1-3,8H,4-7H2. The predicted octanol–water partition coefficient (Wildman–Crippen LogP) is 3.44. The molecule has 3 rings (SSSR count). The molecular weight excluding hydrogens is 366 g/mol. The quantitative estimate of drug-likeness (QED) is 0.769. The first-order chi connectivity index (χ1) is 11.8. The first-order valence-corrected chi connectivity index (χ1v) is 7.75. The number of likely N-dealkylation sites (tertiary alicyclic amines) is 1. The molecule has 1 aliphatic heterocycles. The van der Waals surface area contributed by atoms with Gasteiger partial charge in [-0.2, -0.15) is 18.2 Å². The van der Waals surface area contributed by atoms with Gasteiger partial charge in [0.05, 0.1) is 6.42 Å². The van der Waals surface area contributed by atoms with Gasteiger partial charge in [-0.1, -0.05) is 22.8 Å². The summed E-state index contributed by atoms with van der Waals surface area (Å²) < 4.78 is 55.5. The molecule has 1 unspecified atom stereocenters. The van der Waals surface area contributed by atoms with E-state index in [1.807, 2.05) is 0 Å². The second-order valence-corrected chi connectivity index (χ2v) is 6.07. The fourth-order valence-corrected chi connectivity index (χ4v) is 2.91. The average molecular weight is 378 g/mol. The molecule has 134 valence electrons. The normalized spacial score (nSPS) is 18.0. The smallest absolute Gasteiger partial charge is 0.342 e. The molecule has 0 saturated carbocycles. The number of nitrogens with zero attached hydrogens (tertiary/aromatic N) is 3. The van der Waals surface area contributed by atoms with Gasteiger partial charge in [0, 0.05) is 29.6 Å². The molecule has 1 amide bonds. The van der Waals surface area contributed by atoms with Crippen molar-refractivity contribution < 1.29 is 26.9 Å². The van der Waals surface area contributed by atoms with Crippen LogP contribution in [0.4, 0.5) is 17.6 Å². The maximum Gasteiger partial charge on any atom is 0.471 e. The number of aromatic nitrogens is 2. The summed E-state index contributed by atoms with van der Waals surface area (Å²) in [6.45, 7) is 0.452. The van der Waals surface area contributed by atoms with E-state index in [1.54, 1.807) is 0 Å². The molecule has 1 aliphatic rings. The molecular formula is C15H12ClF4N3O2. The fourth-order valence-electron chi connectivity index (χ4n) is 2.68. The Labute approximate surface area is 144 Å². The van der Waals surface area contributed by atoms with Gasteiger partial charge in [0.15, 0.2) is 5.82 Å². The van der Waals surface area contributed by atoms with Gasteiger partial charge in [0.1, 0.15) is 5.82 Å². The Balaban J connectivity index is 1.66. The molecule has 1 atom stereocenters. The van der Waals surface area contributed by atoms with Gasteiger partial charge in [-0.25, -0.2) is 4.39 Å². The third-order valence-corrected chi connectivity index (χ3v) is 4.33. The monoisotopic (exact) mass is 377 g/mol. The van der Waals surface area contributed by atoms with Gasteiger partial charge in [-0.15, -0.1) is 0 Å². The van der Waals surface area contributed by atoms with Crippen molar-refractivity contribution in [3.05, 3.63) is 46.3 Å². The summed E-state index contributed by atoms with van der Waals surface area (Å²) in [5.41, 5.74) is 0.0940. The zero-order valence-electron chi connectivity index (χ0n) is 12.7. The summed E-state index contributed by atoms with van der Waals surface area (Å²) in [4.78, 5) is 17.1. The lowest BCUT2D eigenvalue weighted by atomic mass is 10.1. The molecule has 1 aromatic heterocycles. The van der Waals surface area contributed by atoms with Gasteiger partial charge >= 0.3 is 12.1 Å². The van der Waals surface area contributed by atoms with E-state index in [-0.39, 0.29) is 35.3 Å². The number of benzene rings is 1. The van der Waals surface area contributed by atoms with Crippen LogP contribution in [0.1, 0.15) is 29.6 Å². The van der Waals surface area contributed by atoms with E-state index in [1.165, 1.54) is 23.1 Å². The summed E-state index contributed by atoms with van der Waals surface area (Å²) in [6.07, 6.45) is -4.53. The number of halogens is 5.